The van der Waals surface area contributed by atoms with Crippen LogP contribution in [-0.2, 0) is 0 Å². The number of nitrogens with zero attached hydrogens (tertiary/aromatic N) is 1. The molecule has 0 rings (SSSR count). The Kier molecular flexibility index (Phi) is 2.76. The monoisotopic (exact) mass is 120 g/mol. The largest absolute Gasteiger partial charge is 0.388 e. The van der Waals surface area contributed by atoms with E-state index in [1.54, 1.807) is 13.8 Å². The Hall–Kier alpha value is -0.240. The molecule has 0 amide bonds. The van der Waals surface area contributed by atoms with Crippen molar-refractivity contribution in [3.63, 3.8) is 0 Å². The van der Waals surface area contributed by atoms with Crippen LogP contribution >= 0.6 is 11.6 Å². The third kappa shape index (κ3) is 5.76. The summed E-state index contributed by atoms with van der Waals surface area (Å²) in [7, 11) is 0. The van der Waals surface area contributed by atoms with Crippen molar-refractivity contribution in [2.75, 3.05) is 0 Å². The number of hydrogen-bond donors (Lipinski definition) is 1. The number of amidine groups is 1. The molecule has 0 aromatic carbocycles. The Morgan fingerprint density at radius 2 is 2.29 bits per heavy atom. The fraction of sp³-hybridized carbons (Fsp3) is 0.750. The molecule has 0 radical (unpaired) electrons. The minimum atomic E-state index is -0.190. The number of alkyl halides is 1. The van der Waals surface area contributed by atoms with Crippen LogP contribution in [0.15, 0.2) is 4.99 Å². The molecular formula is C4H9ClN2. The van der Waals surface area contributed by atoms with Crippen molar-refractivity contribution in [3.8, 4) is 0 Å². The van der Waals surface area contributed by atoms with E-state index in [4.69, 9.17) is 17.3 Å². The number of halogens is 1. The van der Waals surface area contributed by atoms with Gasteiger partial charge in [-0.15, -0.1) is 0 Å². The molecule has 1 unspecified atom stereocenters. The van der Waals surface area contributed by atoms with E-state index in [0.717, 1.165) is 0 Å². The molecule has 0 saturated heterocycles. The van der Waals surface area contributed by atoms with E-state index < -0.39 is 0 Å². The molecule has 2 nitrogen and oxygen atoms in total. The van der Waals surface area contributed by atoms with Gasteiger partial charge in [0, 0.05) is 0 Å². The zero-order chi connectivity index (χ0) is 5.86. The van der Waals surface area contributed by atoms with Crippen LogP contribution in [0, 0.1) is 0 Å². The molecule has 3 heteroatoms. The van der Waals surface area contributed by atoms with Crippen LogP contribution in [0.4, 0.5) is 0 Å². The fourth-order valence-corrected chi connectivity index (χ4v) is 0.435. The highest BCUT2D eigenvalue weighted by Gasteiger charge is 1.85. The van der Waals surface area contributed by atoms with Gasteiger partial charge in [-0.25, -0.2) is 0 Å². The average Bonchev–Trinajstić information content (AvgIpc) is 1.27. The first kappa shape index (κ1) is 6.76. The van der Waals surface area contributed by atoms with E-state index in [2.05, 4.69) is 4.99 Å². The van der Waals surface area contributed by atoms with E-state index >= 15 is 0 Å². The molecule has 2 N–H and O–H groups in total. The standard InChI is InChI=1S/C4H9ClN2/c1-3(5)7-4(2)6/h3H,1-2H3,(H2,6,7). The molecule has 0 spiro atoms. The van der Waals surface area contributed by atoms with Crippen LogP contribution in [0.5, 0.6) is 0 Å². The van der Waals surface area contributed by atoms with Gasteiger partial charge >= 0.3 is 0 Å². The summed E-state index contributed by atoms with van der Waals surface area (Å²) < 4.78 is 0. The third-order valence-corrected chi connectivity index (χ3v) is 0.479. The molecular weight excluding hydrogens is 112 g/mol. The first-order valence-corrected chi connectivity index (χ1v) is 2.50. The summed E-state index contributed by atoms with van der Waals surface area (Å²) in [6.45, 7) is 3.47. The SMILES string of the molecule is C/C(N)=N\C(C)Cl. The van der Waals surface area contributed by atoms with E-state index in [9.17, 15) is 0 Å². The fourth-order valence-electron chi connectivity index (χ4n) is 0.281. The Morgan fingerprint density at radius 3 is 2.29 bits per heavy atom. The van der Waals surface area contributed by atoms with E-state index in [1.165, 1.54) is 0 Å². The lowest BCUT2D eigenvalue weighted by atomic mass is 10.7. The third-order valence-electron chi connectivity index (χ3n) is 0.382. The van der Waals surface area contributed by atoms with Crippen molar-refractivity contribution in [1.82, 2.24) is 0 Å². The van der Waals surface area contributed by atoms with Gasteiger partial charge in [0.25, 0.3) is 0 Å². The zero-order valence-electron chi connectivity index (χ0n) is 4.48. The maximum absolute atomic E-state index is 5.41. The molecule has 7 heavy (non-hydrogen) atoms. The highest BCUT2D eigenvalue weighted by atomic mass is 35.5. The number of nitrogens with two attached hydrogens (primary N) is 1. The van der Waals surface area contributed by atoms with E-state index in [0.29, 0.717) is 5.84 Å². The topological polar surface area (TPSA) is 38.4 Å². The predicted molar refractivity (Wildman–Crippen MR) is 32.6 cm³/mol. The zero-order valence-corrected chi connectivity index (χ0v) is 5.24. The molecule has 0 heterocycles. The van der Waals surface area contributed by atoms with Gasteiger partial charge in [0.1, 0.15) is 5.50 Å². The summed E-state index contributed by atoms with van der Waals surface area (Å²) in [6, 6.07) is 0. The number of hydrogen-bond acceptors (Lipinski definition) is 1. The van der Waals surface area contributed by atoms with Crippen LogP contribution in [-0.4, -0.2) is 11.3 Å². The summed E-state index contributed by atoms with van der Waals surface area (Å²) >= 11 is 5.41. The smallest absolute Gasteiger partial charge is 0.123 e. The van der Waals surface area contributed by atoms with Crippen molar-refractivity contribution in [3.05, 3.63) is 0 Å². The summed E-state index contributed by atoms with van der Waals surface area (Å²) in [5, 5.41) is 0. The second-order valence-electron chi connectivity index (χ2n) is 1.34. The minimum Gasteiger partial charge on any atom is -0.388 e. The van der Waals surface area contributed by atoms with Crippen molar-refractivity contribution in [2.24, 2.45) is 10.7 Å². The molecule has 0 aliphatic rings. The van der Waals surface area contributed by atoms with Crippen LogP contribution in [0.2, 0.25) is 0 Å². The Balaban J connectivity index is 3.45. The second-order valence-corrected chi connectivity index (χ2v) is 1.98. The highest BCUT2D eigenvalue weighted by molar-refractivity contribution is 6.20. The molecule has 42 valence electrons. The Morgan fingerprint density at radius 1 is 1.86 bits per heavy atom. The van der Waals surface area contributed by atoms with Gasteiger partial charge in [-0.1, -0.05) is 11.6 Å². The molecule has 0 aliphatic carbocycles. The van der Waals surface area contributed by atoms with Gasteiger partial charge in [0.2, 0.25) is 0 Å². The molecule has 0 aromatic rings. The Bertz CT molecular complexity index is 73.8. The lowest BCUT2D eigenvalue weighted by Crippen LogP contribution is -2.07. The predicted octanol–water partition coefficient (Wildman–Crippen LogP) is 0.948. The van der Waals surface area contributed by atoms with Crippen molar-refractivity contribution < 1.29 is 0 Å². The van der Waals surface area contributed by atoms with Gasteiger partial charge in [-0.05, 0) is 13.8 Å². The highest BCUT2D eigenvalue weighted by Crippen LogP contribution is 1.92. The van der Waals surface area contributed by atoms with Gasteiger partial charge < -0.3 is 5.73 Å². The summed E-state index contributed by atoms with van der Waals surface area (Å²) in [4.78, 5) is 3.74. The summed E-state index contributed by atoms with van der Waals surface area (Å²) in [6.07, 6.45) is 0. The molecule has 0 fully saturated rings. The maximum atomic E-state index is 5.41. The molecule has 0 aliphatic heterocycles. The second kappa shape index (κ2) is 2.86. The van der Waals surface area contributed by atoms with Gasteiger partial charge in [0.15, 0.2) is 0 Å². The van der Waals surface area contributed by atoms with Crippen molar-refractivity contribution in [1.29, 1.82) is 0 Å². The van der Waals surface area contributed by atoms with E-state index in [-0.39, 0.29) is 5.50 Å². The van der Waals surface area contributed by atoms with Crippen LogP contribution < -0.4 is 5.73 Å². The van der Waals surface area contributed by atoms with Crippen molar-refractivity contribution >= 4 is 17.4 Å². The minimum absolute atomic E-state index is 0.190. The molecule has 1 atom stereocenters. The van der Waals surface area contributed by atoms with Gasteiger partial charge in [0.05, 0.1) is 5.84 Å². The van der Waals surface area contributed by atoms with Crippen molar-refractivity contribution in [2.45, 2.75) is 19.3 Å². The first-order chi connectivity index (χ1) is 3.13. The maximum Gasteiger partial charge on any atom is 0.123 e. The van der Waals surface area contributed by atoms with Gasteiger partial charge in [-0.3, -0.25) is 4.99 Å². The summed E-state index contributed by atoms with van der Waals surface area (Å²) in [5.74, 6) is 0.530. The lowest BCUT2D eigenvalue weighted by Gasteiger charge is -1.91. The summed E-state index contributed by atoms with van der Waals surface area (Å²) in [5.41, 5.74) is 4.97. The van der Waals surface area contributed by atoms with Gasteiger partial charge in [-0.2, -0.15) is 0 Å². The van der Waals surface area contributed by atoms with Crippen LogP contribution in [0.3, 0.4) is 0 Å². The van der Waals surface area contributed by atoms with Crippen LogP contribution in [0.1, 0.15) is 13.8 Å². The molecule has 0 bridgehead atoms. The molecule has 0 aromatic heterocycles. The Labute approximate surface area is 48.4 Å². The van der Waals surface area contributed by atoms with E-state index in [1.807, 2.05) is 0 Å². The molecule has 0 saturated carbocycles. The number of rotatable bonds is 1. The quantitative estimate of drug-likeness (QED) is 0.238. The normalized spacial score (nSPS) is 16.7. The lowest BCUT2D eigenvalue weighted by molar-refractivity contribution is 1.02. The van der Waals surface area contributed by atoms with Crippen LogP contribution in [0.25, 0.3) is 0 Å². The number of aliphatic imine (C=N–C) groups is 1. The average molecular weight is 121 g/mol. The first-order valence-electron chi connectivity index (χ1n) is 2.07.